The van der Waals surface area contributed by atoms with E-state index in [1.54, 1.807) is 0 Å². The van der Waals surface area contributed by atoms with E-state index in [1.807, 2.05) is 25.1 Å². The third kappa shape index (κ3) is 2.42. The van der Waals surface area contributed by atoms with Gasteiger partial charge in [-0.2, -0.15) is 0 Å². The fourth-order valence-electron chi connectivity index (χ4n) is 3.06. The first-order valence-corrected chi connectivity index (χ1v) is 7.07. The Hall–Kier alpha value is -1.26. The fourth-order valence-corrected chi connectivity index (χ4v) is 3.06. The topological polar surface area (TPSA) is 50.7 Å². The molecule has 0 bridgehead atoms. The van der Waals surface area contributed by atoms with E-state index in [0.717, 1.165) is 43.0 Å². The quantitative estimate of drug-likeness (QED) is 0.857. The van der Waals surface area contributed by atoms with Gasteiger partial charge in [-0.25, -0.2) is 0 Å². The van der Waals surface area contributed by atoms with Crippen LogP contribution in [0.25, 0.3) is 0 Å². The summed E-state index contributed by atoms with van der Waals surface area (Å²) in [6.45, 7) is 4.50. The van der Waals surface area contributed by atoms with E-state index < -0.39 is 6.10 Å². The zero-order valence-corrected chi connectivity index (χ0v) is 11.3. The van der Waals surface area contributed by atoms with Crippen LogP contribution in [0.15, 0.2) is 18.2 Å². The lowest BCUT2D eigenvalue weighted by Crippen LogP contribution is -2.49. The second-order valence-corrected chi connectivity index (χ2v) is 5.39. The summed E-state index contributed by atoms with van der Waals surface area (Å²) in [4.78, 5) is 0. The standard InChI is InChI=1S/C15H21NO3/c1-2-18-11-3-4-14-12(9-11)13(17)10-15(19-14)5-7-16-8-6-15/h3-4,9,13,16-17H,2,5-8,10H2,1H3/t13-/m0/s1. The maximum atomic E-state index is 10.4. The summed E-state index contributed by atoms with van der Waals surface area (Å²) in [6, 6.07) is 5.74. The van der Waals surface area contributed by atoms with E-state index >= 15 is 0 Å². The zero-order chi connectivity index (χ0) is 13.3. The van der Waals surface area contributed by atoms with E-state index in [0.29, 0.717) is 13.0 Å². The van der Waals surface area contributed by atoms with Gasteiger partial charge in [0.15, 0.2) is 0 Å². The molecular formula is C15H21NO3. The molecule has 3 rings (SSSR count). The Bertz CT molecular complexity index is 455. The normalized spacial score (nSPS) is 24.6. The largest absolute Gasteiger partial charge is 0.494 e. The lowest BCUT2D eigenvalue weighted by Gasteiger charge is -2.43. The second-order valence-electron chi connectivity index (χ2n) is 5.39. The molecule has 4 heteroatoms. The van der Waals surface area contributed by atoms with Gasteiger partial charge in [-0.3, -0.25) is 0 Å². The van der Waals surface area contributed by atoms with Gasteiger partial charge >= 0.3 is 0 Å². The Kier molecular flexibility index (Phi) is 3.37. The van der Waals surface area contributed by atoms with Crippen molar-refractivity contribution in [2.75, 3.05) is 19.7 Å². The number of ether oxygens (including phenoxy) is 2. The monoisotopic (exact) mass is 263 g/mol. The van der Waals surface area contributed by atoms with Gasteiger partial charge in [0.05, 0.1) is 12.7 Å². The van der Waals surface area contributed by atoms with Crippen LogP contribution in [0, 0.1) is 0 Å². The Morgan fingerprint density at radius 3 is 2.95 bits per heavy atom. The van der Waals surface area contributed by atoms with Gasteiger partial charge in [0.2, 0.25) is 0 Å². The molecule has 0 unspecified atom stereocenters. The van der Waals surface area contributed by atoms with E-state index in [-0.39, 0.29) is 5.60 Å². The molecule has 0 amide bonds. The number of rotatable bonds is 2. The van der Waals surface area contributed by atoms with Gasteiger partial charge in [0.25, 0.3) is 0 Å². The highest BCUT2D eigenvalue weighted by Gasteiger charge is 2.41. The Labute approximate surface area is 113 Å². The molecule has 19 heavy (non-hydrogen) atoms. The average Bonchev–Trinajstić information content (AvgIpc) is 2.41. The highest BCUT2D eigenvalue weighted by molar-refractivity contribution is 5.43. The molecule has 2 aliphatic rings. The van der Waals surface area contributed by atoms with Crippen molar-refractivity contribution in [3.63, 3.8) is 0 Å². The lowest BCUT2D eigenvalue weighted by atomic mass is 9.82. The van der Waals surface area contributed by atoms with Crippen molar-refractivity contribution in [2.45, 2.75) is 37.9 Å². The van der Waals surface area contributed by atoms with Crippen molar-refractivity contribution in [2.24, 2.45) is 0 Å². The number of hydrogen-bond donors (Lipinski definition) is 2. The van der Waals surface area contributed by atoms with Crippen molar-refractivity contribution in [3.05, 3.63) is 23.8 Å². The molecular weight excluding hydrogens is 242 g/mol. The van der Waals surface area contributed by atoms with Crippen molar-refractivity contribution in [3.8, 4) is 11.5 Å². The summed E-state index contributed by atoms with van der Waals surface area (Å²) in [6.07, 6.45) is 2.13. The van der Waals surface area contributed by atoms with Gasteiger partial charge in [-0.05, 0) is 51.1 Å². The molecule has 2 N–H and O–H groups in total. The number of piperidine rings is 1. The van der Waals surface area contributed by atoms with Crippen LogP contribution in [0.1, 0.15) is 37.9 Å². The maximum absolute atomic E-state index is 10.4. The van der Waals surface area contributed by atoms with Crippen LogP contribution in [-0.2, 0) is 0 Å². The first kappa shape index (κ1) is 12.8. The third-order valence-corrected chi connectivity index (χ3v) is 4.06. The van der Waals surface area contributed by atoms with Gasteiger partial charge in [0.1, 0.15) is 17.1 Å². The summed E-state index contributed by atoms with van der Waals surface area (Å²) in [7, 11) is 0. The molecule has 1 fully saturated rings. The van der Waals surface area contributed by atoms with Crippen LogP contribution in [0.5, 0.6) is 11.5 Å². The molecule has 1 atom stereocenters. The molecule has 0 saturated carbocycles. The van der Waals surface area contributed by atoms with E-state index in [1.165, 1.54) is 0 Å². The van der Waals surface area contributed by atoms with Crippen molar-refractivity contribution < 1.29 is 14.6 Å². The number of aliphatic hydroxyl groups excluding tert-OH is 1. The van der Waals surface area contributed by atoms with Crippen LogP contribution >= 0.6 is 0 Å². The summed E-state index contributed by atoms with van der Waals surface area (Å²) >= 11 is 0. The van der Waals surface area contributed by atoms with Crippen molar-refractivity contribution >= 4 is 0 Å². The summed E-state index contributed by atoms with van der Waals surface area (Å²) < 4.78 is 11.7. The van der Waals surface area contributed by atoms with Crippen molar-refractivity contribution in [1.29, 1.82) is 0 Å². The molecule has 1 spiro atoms. The summed E-state index contributed by atoms with van der Waals surface area (Å²) in [5, 5.41) is 13.8. The fraction of sp³-hybridized carbons (Fsp3) is 0.600. The minimum atomic E-state index is -0.456. The lowest BCUT2D eigenvalue weighted by molar-refractivity contribution is -0.0338. The van der Waals surface area contributed by atoms with E-state index in [9.17, 15) is 5.11 Å². The first-order chi connectivity index (χ1) is 9.22. The minimum absolute atomic E-state index is 0.190. The molecule has 1 aromatic rings. The predicted octanol–water partition coefficient (Wildman–Crippen LogP) is 2.02. The van der Waals surface area contributed by atoms with Crippen LogP contribution < -0.4 is 14.8 Å². The van der Waals surface area contributed by atoms with Gasteiger partial charge < -0.3 is 19.9 Å². The second kappa shape index (κ2) is 5.02. The van der Waals surface area contributed by atoms with Gasteiger partial charge in [-0.15, -0.1) is 0 Å². The zero-order valence-electron chi connectivity index (χ0n) is 11.3. The number of fused-ring (bicyclic) bond motifs is 1. The number of nitrogens with one attached hydrogen (secondary N) is 1. The average molecular weight is 263 g/mol. The van der Waals surface area contributed by atoms with Crippen molar-refractivity contribution in [1.82, 2.24) is 5.32 Å². The third-order valence-electron chi connectivity index (χ3n) is 4.06. The van der Waals surface area contributed by atoms with Crippen LogP contribution in [0.2, 0.25) is 0 Å². The highest BCUT2D eigenvalue weighted by atomic mass is 16.5. The Morgan fingerprint density at radius 2 is 2.21 bits per heavy atom. The minimum Gasteiger partial charge on any atom is -0.494 e. The SMILES string of the molecule is CCOc1ccc2c(c1)[C@@H](O)CC1(CCNCC1)O2. The molecule has 0 aliphatic carbocycles. The van der Waals surface area contributed by atoms with E-state index in [4.69, 9.17) is 9.47 Å². The molecule has 4 nitrogen and oxygen atoms in total. The summed E-state index contributed by atoms with van der Waals surface area (Å²) in [5.74, 6) is 1.61. The van der Waals surface area contributed by atoms with Crippen LogP contribution in [-0.4, -0.2) is 30.4 Å². The molecule has 0 aromatic heterocycles. The van der Waals surface area contributed by atoms with Crippen LogP contribution in [0.4, 0.5) is 0 Å². The highest BCUT2D eigenvalue weighted by Crippen LogP contribution is 2.44. The molecule has 104 valence electrons. The number of aliphatic hydroxyl groups is 1. The van der Waals surface area contributed by atoms with Crippen LogP contribution in [0.3, 0.4) is 0 Å². The molecule has 1 aromatic carbocycles. The van der Waals surface area contributed by atoms with Gasteiger partial charge in [0, 0.05) is 12.0 Å². The maximum Gasteiger partial charge on any atom is 0.126 e. The van der Waals surface area contributed by atoms with Gasteiger partial charge in [-0.1, -0.05) is 0 Å². The molecule has 2 heterocycles. The first-order valence-electron chi connectivity index (χ1n) is 7.07. The molecule has 1 saturated heterocycles. The number of benzene rings is 1. The Morgan fingerprint density at radius 1 is 1.42 bits per heavy atom. The number of hydrogen-bond acceptors (Lipinski definition) is 4. The molecule has 2 aliphatic heterocycles. The Balaban J connectivity index is 1.88. The smallest absolute Gasteiger partial charge is 0.126 e. The molecule has 0 radical (unpaired) electrons. The van der Waals surface area contributed by atoms with E-state index in [2.05, 4.69) is 5.32 Å². The summed E-state index contributed by atoms with van der Waals surface area (Å²) in [5.41, 5.74) is 0.667. The predicted molar refractivity (Wildman–Crippen MR) is 72.7 cm³/mol.